The van der Waals surface area contributed by atoms with Crippen LogP contribution in [0.4, 0.5) is 4.39 Å². The van der Waals surface area contributed by atoms with Crippen LogP contribution in [0.3, 0.4) is 0 Å². The van der Waals surface area contributed by atoms with Crippen LogP contribution in [-0.4, -0.2) is 64.8 Å². The second kappa shape index (κ2) is 13.4. The predicted molar refractivity (Wildman–Crippen MR) is 152 cm³/mol. The average molecular weight is 569 g/mol. The van der Waals surface area contributed by atoms with Gasteiger partial charge in [0.1, 0.15) is 23.7 Å². The van der Waals surface area contributed by atoms with Crippen molar-refractivity contribution in [2.24, 2.45) is 11.5 Å². The zero-order valence-electron chi connectivity index (χ0n) is 22.7. The number of hydrogen-bond donors (Lipinski definition) is 3. The van der Waals surface area contributed by atoms with Crippen molar-refractivity contribution in [3.05, 3.63) is 99.8 Å². The fourth-order valence-corrected chi connectivity index (χ4v) is 4.62. The van der Waals surface area contributed by atoms with E-state index in [2.05, 4.69) is 0 Å². The molecule has 0 saturated heterocycles. The van der Waals surface area contributed by atoms with Crippen molar-refractivity contribution in [2.45, 2.75) is 44.3 Å². The predicted octanol–water partition coefficient (Wildman–Crippen LogP) is 2.99. The highest BCUT2D eigenvalue weighted by Gasteiger charge is 2.35. The van der Waals surface area contributed by atoms with Gasteiger partial charge in [-0.2, -0.15) is 0 Å². The number of rotatable bonds is 11. The number of benzene rings is 3. The third-order valence-electron chi connectivity index (χ3n) is 6.96. The Balaban J connectivity index is 1.87. The monoisotopic (exact) mass is 568 g/mol. The van der Waals surface area contributed by atoms with E-state index < -0.39 is 41.7 Å². The van der Waals surface area contributed by atoms with Crippen LogP contribution < -0.4 is 11.5 Å². The van der Waals surface area contributed by atoms with Crippen LogP contribution in [0.1, 0.15) is 22.3 Å². The molecule has 0 aliphatic heterocycles. The molecule has 0 aromatic heterocycles. The number of nitrogens with zero attached hydrogens (tertiary/aromatic N) is 2. The fourth-order valence-electron chi connectivity index (χ4n) is 4.50. The third-order valence-corrected chi connectivity index (χ3v) is 7.21. The van der Waals surface area contributed by atoms with Crippen LogP contribution in [0.15, 0.2) is 66.7 Å². The fraction of sp³-hybridized carbons (Fsp3) is 0.300. The minimum atomic E-state index is -1.01. The highest BCUT2D eigenvalue weighted by atomic mass is 35.5. The van der Waals surface area contributed by atoms with Crippen molar-refractivity contribution in [1.29, 1.82) is 0 Å². The van der Waals surface area contributed by atoms with Crippen LogP contribution >= 0.6 is 11.6 Å². The summed E-state index contributed by atoms with van der Waals surface area (Å²) in [5.41, 5.74) is 14.7. The van der Waals surface area contributed by atoms with Gasteiger partial charge in [0.25, 0.3) is 0 Å². The Morgan fingerprint density at radius 2 is 1.32 bits per heavy atom. The number of primary amides is 1. The van der Waals surface area contributed by atoms with Gasteiger partial charge in [0, 0.05) is 32.0 Å². The maximum absolute atomic E-state index is 13.9. The Morgan fingerprint density at radius 3 is 1.90 bits per heavy atom. The van der Waals surface area contributed by atoms with Crippen molar-refractivity contribution < 1.29 is 23.9 Å². The van der Waals surface area contributed by atoms with Gasteiger partial charge >= 0.3 is 0 Å². The number of carbonyl (C=O) groups is 3. The second-order valence-electron chi connectivity index (χ2n) is 9.92. The number of carbonyl (C=O) groups excluding carboxylic acids is 3. The van der Waals surface area contributed by atoms with Crippen molar-refractivity contribution in [3.63, 3.8) is 0 Å². The smallest absolute Gasteiger partial charge is 0.246 e. The van der Waals surface area contributed by atoms with Gasteiger partial charge in [-0.25, -0.2) is 4.39 Å². The van der Waals surface area contributed by atoms with Crippen LogP contribution in [0.2, 0.25) is 5.02 Å². The Bertz CT molecular complexity index is 1350. The van der Waals surface area contributed by atoms with E-state index in [-0.39, 0.29) is 25.0 Å². The Labute approximate surface area is 238 Å². The van der Waals surface area contributed by atoms with Crippen molar-refractivity contribution in [3.8, 4) is 5.75 Å². The SMILES string of the molecule is Cc1cc(C[C@@H](C(N)=O)N(C)C(=O)[C@@H](Cc2ccc(Cl)cc2)N(C)C(=O)[C@@H](N)Cc2ccc(F)cc2)ccc1O. The summed E-state index contributed by atoms with van der Waals surface area (Å²) >= 11 is 6.03. The van der Waals surface area contributed by atoms with E-state index in [1.807, 2.05) is 0 Å². The first kappa shape index (κ1) is 30.6. The molecule has 3 rings (SSSR count). The van der Waals surface area contributed by atoms with Crippen molar-refractivity contribution in [1.82, 2.24) is 9.80 Å². The zero-order chi connectivity index (χ0) is 29.6. The number of phenols is 1. The number of nitrogens with two attached hydrogens (primary N) is 2. The summed E-state index contributed by atoms with van der Waals surface area (Å²) in [6.07, 6.45) is 0.398. The molecular formula is C30H34ClFN4O4. The van der Waals surface area contributed by atoms with Gasteiger partial charge < -0.3 is 26.4 Å². The number of amides is 3. The van der Waals surface area contributed by atoms with Crippen LogP contribution in [0.5, 0.6) is 5.75 Å². The van der Waals surface area contributed by atoms with Crippen molar-refractivity contribution >= 4 is 29.3 Å². The molecule has 0 bridgehead atoms. The number of phenolic OH excluding ortho intramolecular Hbond substituents is 1. The van der Waals surface area contributed by atoms with Gasteiger partial charge in [0.15, 0.2) is 0 Å². The van der Waals surface area contributed by atoms with E-state index in [0.29, 0.717) is 21.7 Å². The number of likely N-dealkylation sites (N-methyl/N-ethyl adjacent to an activating group) is 2. The summed E-state index contributed by atoms with van der Waals surface area (Å²) < 4.78 is 13.3. The minimum Gasteiger partial charge on any atom is -0.508 e. The Morgan fingerprint density at radius 1 is 0.825 bits per heavy atom. The molecule has 0 radical (unpaired) electrons. The van der Waals surface area contributed by atoms with Gasteiger partial charge in [0.05, 0.1) is 6.04 Å². The summed E-state index contributed by atoms with van der Waals surface area (Å²) in [6, 6.07) is 14.4. The summed E-state index contributed by atoms with van der Waals surface area (Å²) in [7, 11) is 2.96. The van der Waals surface area contributed by atoms with E-state index in [4.69, 9.17) is 23.1 Å². The summed E-state index contributed by atoms with van der Waals surface area (Å²) in [4.78, 5) is 42.4. The topological polar surface area (TPSA) is 130 Å². The molecule has 40 heavy (non-hydrogen) atoms. The summed E-state index contributed by atoms with van der Waals surface area (Å²) in [5.74, 6) is -1.99. The van der Waals surface area contributed by atoms with Crippen molar-refractivity contribution in [2.75, 3.05) is 14.1 Å². The lowest BCUT2D eigenvalue weighted by Gasteiger charge is -2.35. The van der Waals surface area contributed by atoms with E-state index >= 15 is 0 Å². The lowest BCUT2D eigenvalue weighted by Crippen LogP contribution is -2.57. The first-order valence-electron chi connectivity index (χ1n) is 12.7. The molecule has 0 heterocycles. The molecular weight excluding hydrogens is 535 g/mol. The van der Waals surface area contributed by atoms with E-state index in [1.54, 1.807) is 55.5 Å². The van der Waals surface area contributed by atoms with Gasteiger partial charge in [-0.15, -0.1) is 0 Å². The van der Waals surface area contributed by atoms with Gasteiger partial charge in [0.2, 0.25) is 17.7 Å². The van der Waals surface area contributed by atoms with Crippen LogP contribution in [-0.2, 0) is 33.6 Å². The summed E-state index contributed by atoms with van der Waals surface area (Å²) in [5, 5.41) is 10.4. The zero-order valence-corrected chi connectivity index (χ0v) is 23.4. The molecule has 8 nitrogen and oxygen atoms in total. The largest absolute Gasteiger partial charge is 0.508 e. The van der Waals surface area contributed by atoms with E-state index in [0.717, 1.165) is 5.56 Å². The minimum absolute atomic E-state index is 0.115. The molecule has 0 fully saturated rings. The highest BCUT2D eigenvalue weighted by molar-refractivity contribution is 6.30. The number of hydrogen-bond acceptors (Lipinski definition) is 5. The molecule has 3 atom stereocenters. The molecule has 10 heteroatoms. The second-order valence-corrected chi connectivity index (χ2v) is 10.4. The third kappa shape index (κ3) is 7.80. The molecule has 0 spiro atoms. The molecule has 0 saturated carbocycles. The maximum atomic E-state index is 13.9. The Hall–Kier alpha value is -3.95. The molecule has 3 aromatic rings. The first-order valence-corrected chi connectivity index (χ1v) is 13.1. The van der Waals surface area contributed by atoms with Crippen LogP contribution in [0, 0.1) is 12.7 Å². The molecule has 0 unspecified atom stereocenters. The Kier molecular flexibility index (Phi) is 10.3. The highest BCUT2D eigenvalue weighted by Crippen LogP contribution is 2.21. The molecule has 3 aromatic carbocycles. The normalized spacial score (nSPS) is 13.2. The molecule has 212 valence electrons. The van der Waals surface area contributed by atoms with Crippen LogP contribution in [0.25, 0.3) is 0 Å². The van der Waals surface area contributed by atoms with E-state index in [1.165, 1.54) is 42.1 Å². The quantitative estimate of drug-likeness (QED) is 0.327. The molecule has 0 aliphatic carbocycles. The van der Waals surface area contributed by atoms with Gasteiger partial charge in [-0.05, 0) is 65.9 Å². The molecule has 3 amide bonds. The molecule has 0 aliphatic rings. The molecule has 5 N–H and O–H groups in total. The number of aromatic hydroxyl groups is 1. The van der Waals surface area contributed by atoms with E-state index in [9.17, 15) is 23.9 Å². The number of aryl methyl sites for hydroxylation is 1. The van der Waals surface area contributed by atoms with Gasteiger partial charge in [-0.1, -0.05) is 48.0 Å². The van der Waals surface area contributed by atoms with Gasteiger partial charge in [-0.3, -0.25) is 14.4 Å². The average Bonchev–Trinajstić information content (AvgIpc) is 2.92. The number of halogens is 2. The summed E-state index contributed by atoms with van der Waals surface area (Å²) in [6.45, 7) is 1.73. The maximum Gasteiger partial charge on any atom is 0.246 e. The standard InChI is InChI=1S/C30H34ClFN4O4/c1-18-14-21(8-13-27(18)37)17-25(28(34)38)35(2)30(40)26(16-20-4-9-22(31)10-5-20)36(3)29(39)24(33)15-19-6-11-23(32)12-7-19/h4-14,24-26,37H,15-17,33H2,1-3H3,(H2,34,38)/t24-,25-,26+/m0/s1. The first-order chi connectivity index (χ1) is 18.9. The lowest BCUT2D eigenvalue weighted by atomic mass is 9.98. The lowest BCUT2D eigenvalue weighted by molar-refractivity contribution is -0.147.